The second-order valence-electron chi connectivity index (χ2n) is 7.80. The maximum absolute atomic E-state index is 6.64. The molecule has 22 heavy (non-hydrogen) atoms. The van der Waals surface area contributed by atoms with Gasteiger partial charge in [-0.15, -0.1) is 0 Å². The van der Waals surface area contributed by atoms with Crippen molar-refractivity contribution in [2.45, 2.75) is 104 Å². The molecule has 0 N–H and O–H groups in total. The first kappa shape index (κ1) is 18.4. The third-order valence-electron chi connectivity index (χ3n) is 4.67. The fraction of sp³-hybridized carbons (Fsp3) is 1.00. The maximum atomic E-state index is 6.64. The number of ether oxygens (including phenoxy) is 1. The summed E-state index contributed by atoms with van der Waals surface area (Å²) in [6.07, 6.45) is 4.67. The molecule has 0 aromatic rings. The molecular weight excluding hydrogens is 296 g/mol. The van der Waals surface area contributed by atoms with E-state index in [2.05, 4.69) is 48.5 Å². The Bertz CT molecular complexity index is 360. The van der Waals surface area contributed by atoms with E-state index < -0.39 is 8.80 Å². The lowest BCUT2D eigenvalue weighted by Gasteiger charge is -2.43. The Morgan fingerprint density at radius 1 is 1.05 bits per heavy atom. The van der Waals surface area contributed by atoms with Gasteiger partial charge in [-0.3, -0.25) is 0 Å². The zero-order chi connectivity index (χ0) is 16.5. The van der Waals surface area contributed by atoms with Gasteiger partial charge in [0.1, 0.15) is 0 Å². The van der Waals surface area contributed by atoms with E-state index in [1.807, 2.05) is 0 Å². The highest BCUT2D eigenvalue weighted by Gasteiger charge is 2.52. The molecule has 1 aliphatic heterocycles. The molecule has 0 bridgehead atoms. The predicted octanol–water partition coefficient (Wildman–Crippen LogP) is 4.16. The van der Waals surface area contributed by atoms with Crippen LogP contribution in [0, 0.1) is 5.92 Å². The highest BCUT2D eigenvalue weighted by Crippen LogP contribution is 2.45. The monoisotopic (exact) mass is 330 g/mol. The second kappa shape index (κ2) is 6.89. The van der Waals surface area contributed by atoms with Crippen LogP contribution in [0.5, 0.6) is 0 Å². The largest absolute Gasteiger partial charge is 0.501 e. The van der Waals surface area contributed by atoms with Gasteiger partial charge in [-0.05, 0) is 66.7 Å². The van der Waals surface area contributed by atoms with Gasteiger partial charge in [0.2, 0.25) is 0 Å². The van der Waals surface area contributed by atoms with Crippen LogP contribution in [0.15, 0.2) is 0 Å². The SMILES string of the molecule is CC[Si](OC(C)C)(OC(C)C)OC(C)(C)C1CCC2OC2C1. The molecule has 0 radical (unpaired) electrons. The van der Waals surface area contributed by atoms with Crippen LogP contribution in [0.25, 0.3) is 0 Å². The summed E-state index contributed by atoms with van der Waals surface area (Å²) in [5.41, 5.74) is -0.233. The Morgan fingerprint density at radius 3 is 2.09 bits per heavy atom. The number of hydrogen-bond acceptors (Lipinski definition) is 4. The molecule has 1 aliphatic carbocycles. The first-order valence-electron chi connectivity index (χ1n) is 8.88. The average molecular weight is 331 g/mol. The van der Waals surface area contributed by atoms with Crippen LogP contribution in [-0.2, 0) is 18.0 Å². The molecule has 3 unspecified atom stereocenters. The molecule has 2 rings (SSSR count). The molecule has 4 nitrogen and oxygen atoms in total. The number of rotatable bonds is 8. The van der Waals surface area contributed by atoms with E-state index in [1.165, 1.54) is 12.8 Å². The van der Waals surface area contributed by atoms with E-state index in [1.54, 1.807) is 0 Å². The Morgan fingerprint density at radius 2 is 1.64 bits per heavy atom. The Hall–Kier alpha value is 0.0569. The molecular formula is C17H34O4Si. The Labute approximate surface area is 137 Å². The van der Waals surface area contributed by atoms with Crippen molar-refractivity contribution in [1.29, 1.82) is 0 Å². The van der Waals surface area contributed by atoms with Crippen LogP contribution < -0.4 is 0 Å². The molecule has 1 saturated carbocycles. The molecule has 0 amide bonds. The summed E-state index contributed by atoms with van der Waals surface area (Å²) in [5, 5.41) is 0. The van der Waals surface area contributed by atoms with Crippen LogP contribution >= 0.6 is 0 Å². The molecule has 0 aromatic heterocycles. The van der Waals surface area contributed by atoms with E-state index in [0.717, 1.165) is 12.5 Å². The van der Waals surface area contributed by atoms with E-state index in [4.69, 9.17) is 18.0 Å². The summed E-state index contributed by atoms with van der Waals surface area (Å²) >= 11 is 0. The van der Waals surface area contributed by atoms with Gasteiger partial charge in [0.05, 0.1) is 17.8 Å². The van der Waals surface area contributed by atoms with Crippen molar-refractivity contribution in [1.82, 2.24) is 0 Å². The highest BCUT2D eigenvalue weighted by molar-refractivity contribution is 6.60. The zero-order valence-electron chi connectivity index (χ0n) is 15.3. The van der Waals surface area contributed by atoms with Crippen molar-refractivity contribution in [3.8, 4) is 0 Å². The van der Waals surface area contributed by atoms with Crippen molar-refractivity contribution >= 4 is 8.80 Å². The summed E-state index contributed by atoms with van der Waals surface area (Å²) in [7, 11) is -2.66. The minimum Gasteiger partial charge on any atom is -0.371 e. The third kappa shape index (κ3) is 4.54. The quantitative estimate of drug-likeness (QED) is 0.495. The van der Waals surface area contributed by atoms with Gasteiger partial charge in [0, 0.05) is 18.3 Å². The first-order chi connectivity index (χ1) is 10.2. The summed E-state index contributed by atoms with van der Waals surface area (Å²) in [4.78, 5) is 0. The Kier molecular flexibility index (Phi) is 5.76. The van der Waals surface area contributed by atoms with E-state index in [9.17, 15) is 0 Å². The fourth-order valence-electron chi connectivity index (χ4n) is 3.55. The lowest BCUT2D eigenvalue weighted by atomic mass is 9.79. The van der Waals surface area contributed by atoms with Crippen molar-refractivity contribution in [3.05, 3.63) is 0 Å². The van der Waals surface area contributed by atoms with Gasteiger partial charge in [-0.25, -0.2) is 0 Å². The van der Waals surface area contributed by atoms with E-state index >= 15 is 0 Å². The van der Waals surface area contributed by atoms with Crippen LogP contribution in [0.2, 0.25) is 6.04 Å². The fourth-order valence-corrected chi connectivity index (χ4v) is 6.59. The predicted molar refractivity (Wildman–Crippen MR) is 89.8 cm³/mol. The van der Waals surface area contributed by atoms with Crippen LogP contribution in [0.4, 0.5) is 0 Å². The van der Waals surface area contributed by atoms with Gasteiger partial charge in [0.15, 0.2) is 0 Å². The van der Waals surface area contributed by atoms with E-state index in [0.29, 0.717) is 18.1 Å². The average Bonchev–Trinajstić information content (AvgIpc) is 3.14. The van der Waals surface area contributed by atoms with Crippen molar-refractivity contribution in [2.24, 2.45) is 5.92 Å². The normalized spacial score (nSPS) is 29.0. The number of fused-ring (bicyclic) bond motifs is 1. The topological polar surface area (TPSA) is 40.2 Å². The van der Waals surface area contributed by atoms with Crippen LogP contribution in [0.3, 0.4) is 0 Å². The lowest BCUT2D eigenvalue weighted by Crippen LogP contribution is -2.55. The molecule has 2 fully saturated rings. The maximum Gasteiger partial charge on any atom is 0.501 e. The van der Waals surface area contributed by atoms with Crippen LogP contribution in [-0.4, -0.2) is 38.8 Å². The van der Waals surface area contributed by atoms with Gasteiger partial charge in [-0.1, -0.05) is 6.92 Å². The smallest absolute Gasteiger partial charge is 0.371 e. The minimum atomic E-state index is -2.66. The van der Waals surface area contributed by atoms with Crippen molar-refractivity contribution in [3.63, 3.8) is 0 Å². The van der Waals surface area contributed by atoms with Gasteiger partial charge in [-0.2, -0.15) is 0 Å². The zero-order valence-corrected chi connectivity index (χ0v) is 16.3. The van der Waals surface area contributed by atoms with Gasteiger partial charge in [0.25, 0.3) is 0 Å². The summed E-state index contributed by atoms with van der Waals surface area (Å²) in [5.74, 6) is 0.515. The summed E-state index contributed by atoms with van der Waals surface area (Å²) < 4.78 is 24.8. The van der Waals surface area contributed by atoms with Gasteiger partial charge < -0.3 is 18.0 Å². The summed E-state index contributed by atoms with van der Waals surface area (Å²) in [6, 6.07) is 0.808. The molecule has 0 spiro atoms. The molecule has 130 valence electrons. The molecule has 5 heteroatoms. The lowest BCUT2D eigenvalue weighted by molar-refractivity contribution is -0.0668. The first-order valence-corrected chi connectivity index (χ1v) is 10.8. The summed E-state index contributed by atoms with van der Waals surface area (Å²) in [6.45, 7) is 14.7. The molecule has 0 aromatic carbocycles. The van der Waals surface area contributed by atoms with Crippen molar-refractivity contribution < 1.29 is 18.0 Å². The van der Waals surface area contributed by atoms with E-state index in [-0.39, 0.29) is 17.8 Å². The highest BCUT2D eigenvalue weighted by atomic mass is 28.4. The second-order valence-corrected chi connectivity index (χ2v) is 10.5. The molecule has 3 atom stereocenters. The molecule has 1 heterocycles. The number of hydrogen-bond donors (Lipinski definition) is 0. The molecule has 1 saturated heterocycles. The molecule has 2 aliphatic rings. The number of epoxide rings is 1. The Balaban J connectivity index is 2.08. The third-order valence-corrected chi connectivity index (χ3v) is 8.03. The van der Waals surface area contributed by atoms with Gasteiger partial charge >= 0.3 is 8.80 Å². The van der Waals surface area contributed by atoms with Crippen LogP contribution in [0.1, 0.15) is 67.7 Å². The van der Waals surface area contributed by atoms with Crippen molar-refractivity contribution in [2.75, 3.05) is 0 Å². The minimum absolute atomic E-state index is 0.115. The standard InChI is InChI=1S/C17H34O4Si/c1-8-22(19-12(2)3,20-13(4)5)21-17(6,7)14-9-10-15-16(11-14)18-15/h12-16H,8-11H2,1-7H3.